The zero-order chi connectivity index (χ0) is 19.8. The molecule has 2 aromatic carbocycles. The van der Waals surface area contributed by atoms with Gasteiger partial charge in [-0.15, -0.1) is 24.8 Å². The Morgan fingerprint density at radius 1 is 1.16 bits per heavy atom. The van der Waals surface area contributed by atoms with Gasteiger partial charge < -0.3 is 15.2 Å². The Bertz CT molecular complexity index is 1030. The van der Waals surface area contributed by atoms with Gasteiger partial charge in [-0.3, -0.25) is 4.79 Å². The molecule has 0 bridgehead atoms. The fraction of sp³-hybridized carbons (Fsp3) is 0.391. The molecule has 2 unspecified atom stereocenters. The maximum atomic E-state index is 13.5. The minimum absolute atomic E-state index is 0. The van der Waals surface area contributed by atoms with Crippen molar-refractivity contribution < 1.29 is 9.18 Å². The molecule has 1 aliphatic carbocycles. The molecular weight excluding hydrogens is 438 g/mol. The molecule has 2 aliphatic rings. The topological polar surface area (TPSA) is 59.0 Å². The average molecular weight is 465 g/mol. The molecule has 3 aromatic rings. The van der Waals surface area contributed by atoms with Gasteiger partial charge in [0, 0.05) is 12.5 Å². The van der Waals surface area contributed by atoms with E-state index in [-0.39, 0.29) is 53.9 Å². The minimum Gasteiger partial charge on any atom is -0.347 e. The number of fused-ring (bicyclic) bond motifs is 1. The molecule has 31 heavy (non-hydrogen) atoms. The number of para-hydroxylation sites is 2. The van der Waals surface area contributed by atoms with Crippen LogP contribution < -0.4 is 10.6 Å². The number of aromatic nitrogens is 2. The molecule has 1 saturated heterocycles. The van der Waals surface area contributed by atoms with Crippen LogP contribution in [0.5, 0.6) is 0 Å². The third-order valence-corrected chi connectivity index (χ3v) is 6.60. The second-order valence-corrected chi connectivity index (χ2v) is 8.37. The Hall–Kier alpha value is -2.15. The van der Waals surface area contributed by atoms with Gasteiger partial charge in [0.05, 0.1) is 23.4 Å². The summed E-state index contributed by atoms with van der Waals surface area (Å²) in [4.78, 5) is 17.5. The fourth-order valence-corrected chi connectivity index (χ4v) is 4.75. The van der Waals surface area contributed by atoms with Gasteiger partial charge in [0.25, 0.3) is 0 Å². The molecule has 5 rings (SSSR count). The van der Waals surface area contributed by atoms with Crippen molar-refractivity contribution in [1.29, 1.82) is 0 Å². The SMILES string of the molecule is Cl.Cl.O=C(NC(Cn1cnc2ccccc21)c1ccc(F)cc1)C1CC12CCNCC2. The lowest BCUT2D eigenvalue weighted by atomic mass is 9.91. The molecule has 1 spiro atoms. The van der Waals surface area contributed by atoms with E-state index in [1.807, 2.05) is 24.3 Å². The van der Waals surface area contributed by atoms with E-state index in [2.05, 4.69) is 20.2 Å². The van der Waals surface area contributed by atoms with Crippen LogP contribution in [0.4, 0.5) is 4.39 Å². The van der Waals surface area contributed by atoms with Gasteiger partial charge >= 0.3 is 0 Å². The first kappa shape index (κ1) is 23.5. The molecule has 1 saturated carbocycles. The number of carbonyl (C=O) groups is 1. The summed E-state index contributed by atoms with van der Waals surface area (Å²) in [6, 6.07) is 14.1. The molecule has 1 aliphatic heterocycles. The van der Waals surface area contributed by atoms with Crippen molar-refractivity contribution in [3.05, 3.63) is 66.2 Å². The zero-order valence-corrected chi connectivity index (χ0v) is 18.7. The third-order valence-electron chi connectivity index (χ3n) is 6.60. The van der Waals surface area contributed by atoms with Crippen molar-refractivity contribution in [2.45, 2.75) is 31.8 Å². The van der Waals surface area contributed by atoms with Crippen molar-refractivity contribution >= 4 is 41.8 Å². The highest BCUT2D eigenvalue weighted by molar-refractivity contribution is 5.85. The van der Waals surface area contributed by atoms with Crippen LogP contribution in [-0.2, 0) is 11.3 Å². The summed E-state index contributed by atoms with van der Waals surface area (Å²) >= 11 is 0. The predicted octanol–water partition coefficient (Wildman–Crippen LogP) is 4.27. The summed E-state index contributed by atoms with van der Waals surface area (Å²) in [5, 5.41) is 6.64. The number of imidazole rings is 1. The number of nitrogens with one attached hydrogen (secondary N) is 2. The van der Waals surface area contributed by atoms with Crippen molar-refractivity contribution in [3.63, 3.8) is 0 Å². The number of hydrogen-bond acceptors (Lipinski definition) is 3. The minimum atomic E-state index is -0.275. The predicted molar refractivity (Wildman–Crippen MR) is 124 cm³/mol. The van der Waals surface area contributed by atoms with Crippen LogP contribution in [0.1, 0.15) is 30.9 Å². The maximum absolute atomic E-state index is 13.5. The molecule has 2 atom stereocenters. The van der Waals surface area contributed by atoms with Crippen LogP contribution in [0.2, 0.25) is 0 Å². The number of amides is 1. The zero-order valence-electron chi connectivity index (χ0n) is 17.1. The standard InChI is InChI=1S/C23H25FN4O.2ClH/c24-17-7-5-16(6-8-17)20(14-28-15-26-19-3-1-2-4-21(19)28)27-22(29)18-13-23(18)9-11-25-12-10-23;;/h1-8,15,18,20,25H,9-14H2,(H,27,29);2*1H. The van der Waals surface area contributed by atoms with E-state index in [0.29, 0.717) is 6.54 Å². The molecule has 1 aromatic heterocycles. The number of benzene rings is 2. The highest BCUT2D eigenvalue weighted by Gasteiger charge is 2.57. The van der Waals surface area contributed by atoms with Crippen molar-refractivity contribution in [3.8, 4) is 0 Å². The number of nitrogens with zero attached hydrogens (tertiary/aromatic N) is 2. The second-order valence-electron chi connectivity index (χ2n) is 8.37. The Labute approximate surface area is 193 Å². The first-order valence-corrected chi connectivity index (χ1v) is 10.3. The smallest absolute Gasteiger partial charge is 0.224 e. The number of carbonyl (C=O) groups excluding carboxylic acids is 1. The van der Waals surface area contributed by atoms with Gasteiger partial charge in [-0.05, 0) is 67.6 Å². The first-order valence-electron chi connectivity index (χ1n) is 10.3. The monoisotopic (exact) mass is 464 g/mol. The Kier molecular flexibility index (Phi) is 7.24. The Balaban J connectivity index is 0.00000136. The van der Waals surface area contributed by atoms with Crippen molar-refractivity contribution in [2.24, 2.45) is 11.3 Å². The largest absolute Gasteiger partial charge is 0.347 e. The maximum Gasteiger partial charge on any atom is 0.224 e. The molecule has 2 N–H and O–H groups in total. The van der Waals surface area contributed by atoms with Gasteiger partial charge in [-0.1, -0.05) is 24.3 Å². The van der Waals surface area contributed by atoms with E-state index in [1.165, 1.54) is 12.1 Å². The van der Waals surface area contributed by atoms with E-state index in [1.54, 1.807) is 18.5 Å². The second kappa shape index (κ2) is 9.55. The highest BCUT2D eigenvalue weighted by Crippen LogP contribution is 2.58. The molecular formula is C23H27Cl2FN4O. The molecule has 8 heteroatoms. The lowest BCUT2D eigenvalue weighted by Crippen LogP contribution is -2.36. The van der Waals surface area contributed by atoms with E-state index < -0.39 is 0 Å². The fourth-order valence-electron chi connectivity index (χ4n) is 4.75. The van der Waals surface area contributed by atoms with Gasteiger partial charge in [0.2, 0.25) is 5.91 Å². The number of piperidine rings is 1. The normalized spacial score (nSPS) is 19.8. The highest BCUT2D eigenvalue weighted by atomic mass is 35.5. The summed E-state index contributed by atoms with van der Waals surface area (Å²) < 4.78 is 15.5. The van der Waals surface area contributed by atoms with E-state index in [0.717, 1.165) is 48.9 Å². The van der Waals surface area contributed by atoms with Crippen LogP contribution in [-0.4, -0.2) is 28.5 Å². The molecule has 2 heterocycles. The van der Waals surface area contributed by atoms with Crippen molar-refractivity contribution in [1.82, 2.24) is 20.2 Å². The van der Waals surface area contributed by atoms with Crippen LogP contribution in [0.15, 0.2) is 54.9 Å². The van der Waals surface area contributed by atoms with Gasteiger partial charge in [-0.25, -0.2) is 9.37 Å². The third kappa shape index (κ3) is 4.71. The van der Waals surface area contributed by atoms with E-state index >= 15 is 0 Å². The summed E-state index contributed by atoms with van der Waals surface area (Å²) in [6.45, 7) is 2.54. The quantitative estimate of drug-likeness (QED) is 0.592. The van der Waals surface area contributed by atoms with Crippen LogP contribution in [0.25, 0.3) is 11.0 Å². The summed E-state index contributed by atoms with van der Waals surface area (Å²) in [5.74, 6) is -0.0690. The van der Waals surface area contributed by atoms with Gasteiger partial charge in [0.15, 0.2) is 0 Å². The lowest BCUT2D eigenvalue weighted by Gasteiger charge is -2.25. The lowest BCUT2D eigenvalue weighted by molar-refractivity contribution is -0.124. The van der Waals surface area contributed by atoms with Gasteiger partial charge in [-0.2, -0.15) is 0 Å². The Morgan fingerprint density at radius 3 is 2.61 bits per heavy atom. The molecule has 166 valence electrons. The van der Waals surface area contributed by atoms with E-state index in [4.69, 9.17) is 0 Å². The summed E-state index contributed by atoms with van der Waals surface area (Å²) in [7, 11) is 0. The van der Waals surface area contributed by atoms with Crippen LogP contribution in [0, 0.1) is 17.2 Å². The van der Waals surface area contributed by atoms with Crippen LogP contribution in [0.3, 0.4) is 0 Å². The molecule has 1 amide bonds. The average Bonchev–Trinajstić information content (AvgIpc) is 3.28. The summed E-state index contributed by atoms with van der Waals surface area (Å²) in [5.41, 5.74) is 3.03. The number of halogens is 3. The van der Waals surface area contributed by atoms with Gasteiger partial charge in [0.1, 0.15) is 5.82 Å². The van der Waals surface area contributed by atoms with E-state index in [9.17, 15) is 9.18 Å². The van der Waals surface area contributed by atoms with Crippen molar-refractivity contribution in [2.75, 3.05) is 13.1 Å². The molecule has 5 nitrogen and oxygen atoms in total. The molecule has 0 radical (unpaired) electrons. The van der Waals surface area contributed by atoms with Crippen LogP contribution >= 0.6 is 24.8 Å². The number of hydrogen-bond donors (Lipinski definition) is 2. The number of rotatable bonds is 5. The summed E-state index contributed by atoms with van der Waals surface area (Å²) in [6.07, 6.45) is 4.92. The molecule has 2 fully saturated rings. The first-order chi connectivity index (χ1) is 14.1. The Morgan fingerprint density at radius 2 is 1.87 bits per heavy atom.